The second-order valence-electron chi connectivity index (χ2n) is 6.85. The summed E-state index contributed by atoms with van der Waals surface area (Å²) in [5.41, 5.74) is -0.525. The van der Waals surface area contributed by atoms with E-state index in [0.717, 1.165) is 25.7 Å². The van der Waals surface area contributed by atoms with E-state index in [1.807, 2.05) is 12.2 Å². The molecule has 3 N–H and O–H groups in total. The van der Waals surface area contributed by atoms with Crippen molar-refractivity contribution in [3.8, 4) is 0 Å². The predicted octanol–water partition coefficient (Wildman–Crippen LogP) is 0.814. The van der Waals surface area contributed by atoms with Crippen LogP contribution in [0.25, 0.3) is 0 Å². The van der Waals surface area contributed by atoms with Crippen molar-refractivity contribution in [1.82, 2.24) is 10.6 Å². The topological polar surface area (TPSA) is 105 Å². The molecule has 0 spiro atoms. The number of carbonyl (C=O) groups excluding carboxylic acids is 3. The maximum atomic E-state index is 12.4. The average Bonchev–Trinajstić information content (AvgIpc) is 3.05. The van der Waals surface area contributed by atoms with Crippen LogP contribution in [-0.2, 0) is 19.1 Å². The van der Waals surface area contributed by atoms with E-state index in [4.69, 9.17) is 4.74 Å². The lowest BCUT2D eigenvalue weighted by atomic mass is 9.95. The fraction of sp³-hybridized carbons (Fsp3) is 0.722. The lowest BCUT2D eigenvalue weighted by Crippen LogP contribution is -2.50. The first-order chi connectivity index (χ1) is 12.0. The average molecular weight is 352 g/mol. The van der Waals surface area contributed by atoms with Crippen LogP contribution in [0.2, 0.25) is 0 Å². The maximum Gasteiger partial charge on any atom is 0.306 e. The van der Waals surface area contributed by atoms with Gasteiger partial charge >= 0.3 is 5.97 Å². The van der Waals surface area contributed by atoms with Crippen LogP contribution in [-0.4, -0.2) is 48.2 Å². The summed E-state index contributed by atoms with van der Waals surface area (Å²) in [6, 6.07) is 0. The van der Waals surface area contributed by atoms with Crippen LogP contribution in [0.1, 0.15) is 51.4 Å². The van der Waals surface area contributed by atoms with Crippen molar-refractivity contribution in [3.05, 3.63) is 12.2 Å². The first-order valence-electron chi connectivity index (χ1n) is 9.05. The number of aliphatic hydroxyl groups is 1. The minimum Gasteiger partial charge on any atom is -0.464 e. The van der Waals surface area contributed by atoms with Gasteiger partial charge in [-0.1, -0.05) is 25.0 Å². The fourth-order valence-electron chi connectivity index (χ4n) is 3.36. The van der Waals surface area contributed by atoms with E-state index >= 15 is 0 Å². The third-order valence-electron chi connectivity index (χ3n) is 4.84. The van der Waals surface area contributed by atoms with E-state index in [0.29, 0.717) is 19.3 Å². The number of allylic oxidation sites excluding steroid dienone is 2. The Bertz CT molecular complexity index is 512. The van der Waals surface area contributed by atoms with E-state index in [-0.39, 0.29) is 44.0 Å². The van der Waals surface area contributed by atoms with Gasteiger partial charge in [-0.3, -0.25) is 14.4 Å². The molecule has 0 radical (unpaired) electrons. The Morgan fingerprint density at radius 1 is 1.32 bits per heavy atom. The molecule has 2 rings (SSSR count). The van der Waals surface area contributed by atoms with Gasteiger partial charge in [-0.15, -0.1) is 0 Å². The van der Waals surface area contributed by atoms with Gasteiger partial charge in [0.05, 0.1) is 24.6 Å². The molecule has 2 aliphatic rings. The van der Waals surface area contributed by atoms with Crippen molar-refractivity contribution in [3.63, 3.8) is 0 Å². The van der Waals surface area contributed by atoms with E-state index in [2.05, 4.69) is 10.6 Å². The normalized spacial score (nSPS) is 24.6. The van der Waals surface area contributed by atoms with Gasteiger partial charge in [0.15, 0.2) is 0 Å². The van der Waals surface area contributed by atoms with Crippen molar-refractivity contribution in [2.75, 3.05) is 19.8 Å². The van der Waals surface area contributed by atoms with E-state index in [1.165, 1.54) is 0 Å². The summed E-state index contributed by atoms with van der Waals surface area (Å²) in [4.78, 5) is 36.1. The molecule has 0 saturated heterocycles. The summed E-state index contributed by atoms with van der Waals surface area (Å²) < 4.78 is 5.00. The van der Waals surface area contributed by atoms with Gasteiger partial charge in [0.1, 0.15) is 6.61 Å². The predicted molar refractivity (Wildman–Crippen MR) is 91.5 cm³/mol. The fourth-order valence-corrected chi connectivity index (χ4v) is 3.36. The quantitative estimate of drug-likeness (QED) is 0.513. The van der Waals surface area contributed by atoms with Gasteiger partial charge in [0.2, 0.25) is 11.8 Å². The van der Waals surface area contributed by atoms with Crippen LogP contribution in [0.5, 0.6) is 0 Å². The van der Waals surface area contributed by atoms with E-state index in [1.54, 1.807) is 0 Å². The minimum absolute atomic E-state index is 0.0686. The molecule has 1 aliphatic heterocycles. The summed E-state index contributed by atoms with van der Waals surface area (Å²) in [7, 11) is 0. The number of ether oxygens (including phenoxy) is 1. The van der Waals surface area contributed by atoms with Crippen LogP contribution in [0.15, 0.2) is 12.2 Å². The van der Waals surface area contributed by atoms with E-state index < -0.39 is 11.5 Å². The standard InChI is InChI=1S/C18H28N2O5/c21-13-18(8-4-5-9-18)20-15(22)12-14-6-2-1-3-7-16(23)25-11-10-19-17(14)24/h1-2,14,21H,3-13H2,(H,19,24)(H,20,22). The number of rotatable bonds is 4. The summed E-state index contributed by atoms with van der Waals surface area (Å²) in [6.45, 7) is 0.314. The first kappa shape index (κ1) is 19.4. The third-order valence-corrected chi connectivity index (χ3v) is 4.84. The van der Waals surface area contributed by atoms with E-state index in [9.17, 15) is 19.5 Å². The molecule has 7 heteroatoms. The second kappa shape index (κ2) is 9.56. The van der Waals surface area contributed by atoms with Crippen molar-refractivity contribution in [2.45, 2.75) is 56.9 Å². The Kier molecular flexibility index (Phi) is 7.43. The highest BCUT2D eigenvalue weighted by molar-refractivity contribution is 5.86. The molecule has 0 aromatic rings. The molecular formula is C18H28N2O5. The van der Waals surface area contributed by atoms with Gasteiger partial charge in [-0.25, -0.2) is 0 Å². The number of hydrogen-bond donors (Lipinski definition) is 3. The summed E-state index contributed by atoms with van der Waals surface area (Å²) in [5.74, 6) is -1.17. The van der Waals surface area contributed by atoms with Crippen molar-refractivity contribution >= 4 is 17.8 Å². The largest absolute Gasteiger partial charge is 0.464 e. The molecule has 25 heavy (non-hydrogen) atoms. The number of aliphatic hydroxyl groups excluding tert-OH is 1. The smallest absolute Gasteiger partial charge is 0.306 e. The van der Waals surface area contributed by atoms with Gasteiger partial charge in [0, 0.05) is 12.8 Å². The van der Waals surface area contributed by atoms with Gasteiger partial charge in [-0.2, -0.15) is 0 Å². The van der Waals surface area contributed by atoms with Gasteiger partial charge < -0.3 is 20.5 Å². The van der Waals surface area contributed by atoms with Crippen molar-refractivity contribution in [1.29, 1.82) is 0 Å². The van der Waals surface area contributed by atoms with Crippen LogP contribution in [0.3, 0.4) is 0 Å². The number of hydrogen-bond acceptors (Lipinski definition) is 5. The summed E-state index contributed by atoms with van der Waals surface area (Å²) in [6.07, 6.45) is 8.62. The zero-order valence-corrected chi connectivity index (χ0v) is 14.6. The Morgan fingerprint density at radius 3 is 2.80 bits per heavy atom. The molecule has 1 atom stereocenters. The Labute approximate surface area is 148 Å². The second-order valence-corrected chi connectivity index (χ2v) is 6.85. The summed E-state index contributed by atoms with van der Waals surface area (Å²) >= 11 is 0. The van der Waals surface area contributed by atoms with Crippen LogP contribution in [0, 0.1) is 5.92 Å². The van der Waals surface area contributed by atoms with Crippen molar-refractivity contribution < 1.29 is 24.2 Å². The molecule has 7 nitrogen and oxygen atoms in total. The first-order valence-corrected chi connectivity index (χ1v) is 9.05. The molecule has 0 aromatic heterocycles. The molecule has 1 fully saturated rings. The zero-order chi connectivity index (χ0) is 18.1. The van der Waals surface area contributed by atoms with Crippen LogP contribution < -0.4 is 10.6 Å². The Hall–Kier alpha value is -1.89. The highest BCUT2D eigenvalue weighted by atomic mass is 16.5. The molecule has 1 saturated carbocycles. The zero-order valence-electron chi connectivity index (χ0n) is 14.6. The number of esters is 1. The molecule has 140 valence electrons. The lowest BCUT2D eigenvalue weighted by Gasteiger charge is -2.28. The van der Waals surface area contributed by atoms with Crippen LogP contribution >= 0.6 is 0 Å². The Morgan fingerprint density at radius 2 is 2.08 bits per heavy atom. The molecule has 1 aliphatic carbocycles. The Balaban J connectivity index is 1.93. The summed E-state index contributed by atoms with van der Waals surface area (Å²) in [5, 5.41) is 15.3. The molecule has 0 aromatic carbocycles. The minimum atomic E-state index is -0.525. The SMILES string of the molecule is O=C(CC1CC=CCCC(=O)OCCNC1=O)NC1(CO)CCCC1. The highest BCUT2D eigenvalue weighted by Crippen LogP contribution is 2.29. The van der Waals surface area contributed by atoms with Crippen molar-refractivity contribution in [2.24, 2.45) is 5.92 Å². The molecule has 1 unspecified atom stereocenters. The number of carbonyl (C=O) groups is 3. The maximum absolute atomic E-state index is 12.4. The number of nitrogens with one attached hydrogen (secondary N) is 2. The third kappa shape index (κ3) is 6.16. The monoisotopic (exact) mass is 352 g/mol. The molecule has 1 heterocycles. The number of amides is 2. The highest BCUT2D eigenvalue weighted by Gasteiger charge is 2.35. The van der Waals surface area contributed by atoms with Crippen LogP contribution in [0.4, 0.5) is 0 Å². The molecule has 2 amide bonds. The number of cyclic esters (lactones) is 1. The molecule has 0 bridgehead atoms. The molecular weight excluding hydrogens is 324 g/mol. The lowest BCUT2D eigenvalue weighted by molar-refractivity contribution is -0.144. The van der Waals surface area contributed by atoms with Gasteiger partial charge in [-0.05, 0) is 25.7 Å². The van der Waals surface area contributed by atoms with Gasteiger partial charge in [0.25, 0.3) is 0 Å².